The van der Waals surface area contributed by atoms with Crippen LogP contribution in [0.4, 0.5) is 0 Å². The van der Waals surface area contributed by atoms with Crippen molar-refractivity contribution in [3.8, 4) is 23.0 Å². The minimum absolute atomic E-state index is 0.741. The van der Waals surface area contributed by atoms with Crippen molar-refractivity contribution in [2.45, 2.75) is 0 Å². The summed E-state index contributed by atoms with van der Waals surface area (Å²) in [5.41, 5.74) is 5.63. The molecule has 2 aromatic heterocycles. The summed E-state index contributed by atoms with van der Waals surface area (Å²) in [4.78, 5) is 9.34. The van der Waals surface area contributed by atoms with Crippen LogP contribution in [0, 0.1) is 0 Å². The number of ether oxygens (including phenoxy) is 2. The maximum absolute atomic E-state index is 6.13. The maximum atomic E-state index is 6.13. The number of fused-ring (bicyclic) bond motifs is 4. The molecule has 0 radical (unpaired) electrons. The zero-order chi connectivity index (χ0) is 18.5. The number of para-hydroxylation sites is 2. The number of rotatable bonds is 0. The molecule has 4 heterocycles. The molecule has 28 heavy (non-hydrogen) atoms. The van der Waals surface area contributed by atoms with Gasteiger partial charge in [0.2, 0.25) is 0 Å². The van der Waals surface area contributed by atoms with Crippen molar-refractivity contribution in [3.05, 3.63) is 108 Å². The zero-order valence-corrected chi connectivity index (χ0v) is 14.8. The Morgan fingerprint density at radius 2 is 0.893 bits per heavy atom. The van der Waals surface area contributed by atoms with Crippen LogP contribution in [0.2, 0.25) is 0 Å². The van der Waals surface area contributed by atoms with Gasteiger partial charge in [-0.1, -0.05) is 36.4 Å². The Balaban J connectivity index is 1.80. The van der Waals surface area contributed by atoms with E-state index in [1.54, 1.807) is 12.4 Å². The second-order valence-electron chi connectivity index (χ2n) is 6.65. The van der Waals surface area contributed by atoms with Gasteiger partial charge in [-0.25, -0.2) is 0 Å². The number of nitrogens with zero attached hydrogens (tertiary/aromatic N) is 2. The van der Waals surface area contributed by atoms with Crippen molar-refractivity contribution in [2.75, 3.05) is 0 Å². The van der Waals surface area contributed by atoms with Crippen molar-refractivity contribution >= 4 is 11.1 Å². The first-order chi connectivity index (χ1) is 13.9. The summed E-state index contributed by atoms with van der Waals surface area (Å²) < 4.78 is 12.3. The van der Waals surface area contributed by atoms with E-state index >= 15 is 0 Å². The van der Waals surface area contributed by atoms with Crippen LogP contribution in [0.25, 0.3) is 11.1 Å². The minimum atomic E-state index is 0.741. The van der Waals surface area contributed by atoms with E-state index in [2.05, 4.69) is 22.1 Å². The summed E-state index contributed by atoms with van der Waals surface area (Å²) in [5.74, 6) is 3.11. The average Bonchev–Trinajstić information content (AvgIpc) is 2.76. The second-order valence-corrected chi connectivity index (χ2v) is 6.65. The van der Waals surface area contributed by atoms with Gasteiger partial charge in [0.25, 0.3) is 0 Å². The van der Waals surface area contributed by atoms with Crippen LogP contribution in [0.15, 0.2) is 85.2 Å². The highest BCUT2D eigenvalue weighted by atomic mass is 16.5. The van der Waals surface area contributed by atoms with Gasteiger partial charge in [-0.05, 0) is 36.4 Å². The van der Waals surface area contributed by atoms with E-state index in [-0.39, 0.29) is 0 Å². The first-order valence-electron chi connectivity index (χ1n) is 9.10. The number of aromatic nitrogens is 2. The van der Waals surface area contributed by atoms with Gasteiger partial charge in [0.1, 0.15) is 22.9 Å². The number of pyridine rings is 2. The van der Waals surface area contributed by atoms with Gasteiger partial charge in [-0.15, -0.1) is 0 Å². The molecule has 0 fully saturated rings. The number of benzene rings is 2. The SMILES string of the molecule is c1ccc2c(c1)Oc1cccnc1/C2=C1\c2ccccc2Oc2cccnc21. The average molecular weight is 362 g/mol. The third-order valence-corrected chi connectivity index (χ3v) is 5.02. The van der Waals surface area contributed by atoms with Gasteiger partial charge in [-0.2, -0.15) is 0 Å². The molecule has 0 bridgehead atoms. The molecule has 132 valence electrons. The highest BCUT2D eigenvalue weighted by molar-refractivity contribution is 6.08. The topological polar surface area (TPSA) is 44.2 Å². The highest BCUT2D eigenvalue weighted by Gasteiger charge is 2.32. The highest BCUT2D eigenvalue weighted by Crippen LogP contribution is 2.51. The molecule has 0 N–H and O–H groups in total. The summed E-state index contributed by atoms with van der Waals surface area (Å²) in [5, 5.41) is 0. The summed E-state index contributed by atoms with van der Waals surface area (Å²) in [6.07, 6.45) is 3.59. The Hall–Kier alpha value is -3.92. The predicted molar refractivity (Wildman–Crippen MR) is 107 cm³/mol. The molecule has 4 nitrogen and oxygen atoms in total. The van der Waals surface area contributed by atoms with E-state index in [1.165, 1.54) is 0 Å². The predicted octanol–water partition coefficient (Wildman–Crippen LogP) is 5.70. The van der Waals surface area contributed by atoms with Crippen LogP contribution in [0.3, 0.4) is 0 Å². The van der Waals surface area contributed by atoms with Gasteiger partial charge in [-0.3, -0.25) is 9.97 Å². The lowest BCUT2D eigenvalue weighted by Gasteiger charge is -2.28. The Morgan fingerprint density at radius 1 is 0.464 bits per heavy atom. The Bertz CT molecular complexity index is 1080. The van der Waals surface area contributed by atoms with Gasteiger partial charge in [0.05, 0.1) is 0 Å². The summed E-state index contributed by atoms with van der Waals surface area (Å²) in [7, 11) is 0. The molecular weight excluding hydrogens is 348 g/mol. The molecule has 2 aliphatic rings. The van der Waals surface area contributed by atoms with E-state index in [1.807, 2.05) is 60.7 Å². The summed E-state index contributed by atoms with van der Waals surface area (Å²) in [6, 6.07) is 23.8. The molecule has 0 aliphatic carbocycles. The van der Waals surface area contributed by atoms with Crippen LogP contribution in [-0.2, 0) is 0 Å². The standard InChI is InChI=1S/C24H14N2O2/c1-3-9-17-15(7-1)21(23-19(27-17)11-5-13-25-23)22-16-8-2-4-10-18(16)28-20-12-6-14-26-24(20)22/h1-14H/b22-21+. The second kappa shape index (κ2) is 5.79. The summed E-state index contributed by atoms with van der Waals surface area (Å²) >= 11 is 0. The first-order valence-corrected chi connectivity index (χ1v) is 9.10. The lowest BCUT2D eigenvalue weighted by molar-refractivity contribution is 0.468. The van der Waals surface area contributed by atoms with Crippen LogP contribution >= 0.6 is 0 Å². The fraction of sp³-hybridized carbons (Fsp3) is 0. The van der Waals surface area contributed by atoms with Crippen molar-refractivity contribution in [1.82, 2.24) is 9.97 Å². The largest absolute Gasteiger partial charge is 0.454 e. The third-order valence-electron chi connectivity index (χ3n) is 5.02. The molecule has 0 amide bonds. The lowest BCUT2D eigenvalue weighted by Crippen LogP contribution is -2.11. The quantitative estimate of drug-likeness (QED) is 0.348. The van der Waals surface area contributed by atoms with Crippen LogP contribution in [-0.4, -0.2) is 9.97 Å². The third kappa shape index (κ3) is 2.12. The van der Waals surface area contributed by atoms with Crippen LogP contribution < -0.4 is 9.47 Å². The number of hydrogen-bond acceptors (Lipinski definition) is 4. The van der Waals surface area contributed by atoms with E-state index in [4.69, 9.17) is 9.47 Å². The van der Waals surface area contributed by atoms with E-state index in [0.29, 0.717) is 0 Å². The molecule has 0 unspecified atom stereocenters. The Kier molecular flexibility index (Phi) is 3.14. The maximum Gasteiger partial charge on any atom is 0.153 e. The van der Waals surface area contributed by atoms with Crippen molar-refractivity contribution in [2.24, 2.45) is 0 Å². The molecule has 0 spiro atoms. The van der Waals surface area contributed by atoms with Gasteiger partial charge < -0.3 is 9.47 Å². The Labute approximate surface area is 161 Å². The van der Waals surface area contributed by atoms with Crippen molar-refractivity contribution < 1.29 is 9.47 Å². The van der Waals surface area contributed by atoms with Crippen molar-refractivity contribution in [3.63, 3.8) is 0 Å². The fourth-order valence-corrected chi connectivity index (χ4v) is 3.84. The fourth-order valence-electron chi connectivity index (χ4n) is 3.84. The minimum Gasteiger partial charge on any atom is -0.454 e. The molecule has 4 heteroatoms. The normalized spacial score (nSPS) is 16.0. The van der Waals surface area contributed by atoms with Gasteiger partial charge in [0.15, 0.2) is 11.5 Å². The van der Waals surface area contributed by atoms with Crippen molar-refractivity contribution in [1.29, 1.82) is 0 Å². The lowest BCUT2D eigenvalue weighted by atomic mass is 9.86. The number of hydrogen-bond donors (Lipinski definition) is 0. The molecule has 6 rings (SSSR count). The van der Waals surface area contributed by atoms with Crippen LogP contribution in [0.1, 0.15) is 22.5 Å². The van der Waals surface area contributed by atoms with E-state index in [9.17, 15) is 0 Å². The molecular formula is C24H14N2O2. The smallest absolute Gasteiger partial charge is 0.153 e. The van der Waals surface area contributed by atoms with E-state index in [0.717, 1.165) is 56.7 Å². The molecule has 0 saturated carbocycles. The molecule has 0 saturated heterocycles. The first kappa shape index (κ1) is 15.2. The molecule has 4 aromatic rings. The monoisotopic (exact) mass is 362 g/mol. The van der Waals surface area contributed by atoms with Gasteiger partial charge >= 0.3 is 0 Å². The Morgan fingerprint density at radius 3 is 1.39 bits per heavy atom. The summed E-state index contributed by atoms with van der Waals surface area (Å²) in [6.45, 7) is 0. The van der Waals surface area contributed by atoms with Gasteiger partial charge in [0, 0.05) is 34.7 Å². The van der Waals surface area contributed by atoms with E-state index < -0.39 is 0 Å². The molecule has 2 aromatic carbocycles. The molecule has 2 aliphatic heterocycles. The zero-order valence-electron chi connectivity index (χ0n) is 14.8. The molecule has 0 atom stereocenters. The van der Waals surface area contributed by atoms with Crippen LogP contribution in [0.5, 0.6) is 23.0 Å².